The fourth-order valence-electron chi connectivity index (χ4n) is 2.36. The number of carbonyl (C=O) groups is 2. The van der Waals surface area contributed by atoms with Gasteiger partial charge in [0.1, 0.15) is 0 Å². The van der Waals surface area contributed by atoms with Gasteiger partial charge in [-0.3, -0.25) is 9.69 Å². The Morgan fingerprint density at radius 3 is 2.73 bits per heavy atom. The molecule has 1 rings (SSSR count). The van der Waals surface area contributed by atoms with E-state index >= 15 is 0 Å². The minimum absolute atomic E-state index is 0.0102. The molecule has 2 unspecified atom stereocenters. The lowest BCUT2D eigenvalue weighted by atomic mass is 10.2. The zero-order valence-corrected chi connectivity index (χ0v) is 15.1. The number of rotatable bonds is 11. The summed E-state index contributed by atoms with van der Waals surface area (Å²) in [6.45, 7) is 1.46. The maximum atomic E-state index is 12.2. The predicted octanol–water partition coefficient (Wildman–Crippen LogP) is 1.11. The number of amides is 1. The summed E-state index contributed by atoms with van der Waals surface area (Å²) in [5.41, 5.74) is 0. The number of hydrogen-bond acceptors (Lipinski definition) is 6. The fraction of sp³-hybridized carbons (Fsp3) is 0.875. The number of nitrogens with one attached hydrogen (secondary N) is 1. The quantitative estimate of drug-likeness (QED) is 0.425. The topological polar surface area (TPSA) is 77.1 Å². The van der Waals surface area contributed by atoms with Crippen LogP contribution in [0.1, 0.15) is 26.2 Å². The van der Waals surface area contributed by atoms with Crippen molar-refractivity contribution >= 4 is 11.9 Å². The van der Waals surface area contributed by atoms with Gasteiger partial charge in [0.25, 0.3) is 5.91 Å². The average Bonchev–Trinajstić information content (AvgIpc) is 3.06. The van der Waals surface area contributed by atoms with E-state index in [0.29, 0.717) is 19.6 Å². The Hall–Kier alpha value is -1.39. The Labute approximate surface area is 151 Å². The minimum Gasteiger partial charge on any atom is -0.454 e. The molecule has 26 heavy (non-hydrogen) atoms. The van der Waals surface area contributed by atoms with E-state index in [-0.39, 0.29) is 19.2 Å². The summed E-state index contributed by atoms with van der Waals surface area (Å²) in [4.78, 5) is 24.4. The van der Waals surface area contributed by atoms with Gasteiger partial charge in [-0.15, -0.1) is 0 Å². The third-order valence-corrected chi connectivity index (χ3v) is 3.72. The van der Waals surface area contributed by atoms with Crippen molar-refractivity contribution in [2.24, 2.45) is 0 Å². The first-order valence-corrected chi connectivity index (χ1v) is 8.59. The van der Waals surface area contributed by atoms with Crippen LogP contribution < -0.4 is 5.32 Å². The standard InChI is InChI=1S/C16H27F3N2O5/c1-12(25-9-13-5-3-8-24-13)15(23)26-10-14(22)20-6-4-7-21(2)11-16(17,18)19/h12-13H,3-11H2,1-2H3,(H,20,22). The second kappa shape index (κ2) is 11.3. The molecule has 10 heteroatoms. The number of alkyl halides is 3. The Morgan fingerprint density at radius 2 is 2.12 bits per heavy atom. The molecule has 1 saturated heterocycles. The number of carbonyl (C=O) groups excluding carboxylic acids is 2. The van der Waals surface area contributed by atoms with E-state index < -0.39 is 37.3 Å². The van der Waals surface area contributed by atoms with Crippen LogP contribution in [0.15, 0.2) is 0 Å². The summed E-state index contributed by atoms with van der Waals surface area (Å²) >= 11 is 0. The number of esters is 1. The second-order valence-corrected chi connectivity index (χ2v) is 6.27. The van der Waals surface area contributed by atoms with E-state index in [4.69, 9.17) is 14.2 Å². The number of halogens is 3. The lowest BCUT2D eigenvalue weighted by Gasteiger charge is -2.18. The summed E-state index contributed by atoms with van der Waals surface area (Å²) in [6.07, 6.45) is -2.84. The van der Waals surface area contributed by atoms with Gasteiger partial charge in [-0.05, 0) is 39.8 Å². The fourth-order valence-corrected chi connectivity index (χ4v) is 2.36. The molecule has 0 radical (unpaired) electrons. The van der Waals surface area contributed by atoms with E-state index in [1.165, 1.54) is 14.0 Å². The third kappa shape index (κ3) is 10.6. The highest BCUT2D eigenvalue weighted by atomic mass is 19.4. The van der Waals surface area contributed by atoms with Crippen LogP contribution in [-0.2, 0) is 23.8 Å². The lowest BCUT2D eigenvalue weighted by molar-refractivity contribution is -0.160. The van der Waals surface area contributed by atoms with Crippen molar-refractivity contribution in [2.45, 2.75) is 44.6 Å². The van der Waals surface area contributed by atoms with E-state index in [0.717, 1.165) is 17.7 Å². The van der Waals surface area contributed by atoms with Crippen LogP contribution >= 0.6 is 0 Å². The smallest absolute Gasteiger partial charge is 0.401 e. The Morgan fingerprint density at radius 1 is 1.38 bits per heavy atom. The van der Waals surface area contributed by atoms with Crippen molar-refractivity contribution in [1.82, 2.24) is 10.2 Å². The summed E-state index contributed by atoms with van der Waals surface area (Å²) in [7, 11) is 1.36. The normalized spacial score (nSPS) is 18.8. The SMILES string of the molecule is CC(OCC1CCCO1)C(=O)OCC(=O)NCCCN(C)CC(F)(F)F. The van der Waals surface area contributed by atoms with Gasteiger partial charge in [-0.25, -0.2) is 4.79 Å². The van der Waals surface area contributed by atoms with Gasteiger partial charge in [0.2, 0.25) is 0 Å². The highest BCUT2D eigenvalue weighted by Crippen LogP contribution is 2.15. The number of ether oxygens (including phenoxy) is 3. The van der Waals surface area contributed by atoms with Crippen molar-refractivity contribution in [3.63, 3.8) is 0 Å². The molecule has 1 amide bonds. The van der Waals surface area contributed by atoms with Crippen LogP contribution in [-0.4, -0.2) is 81.7 Å². The van der Waals surface area contributed by atoms with Crippen molar-refractivity contribution in [1.29, 1.82) is 0 Å². The van der Waals surface area contributed by atoms with Crippen LogP contribution in [0.5, 0.6) is 0 Å². The van der Waals surface area contributed by atoms with Crippen LogP contribution in [0, 0.1) is 0 Å². The first-order valence-electron chi connectivity index (χ1n) is 8.59. The molecule has 0 bridgehead atoms. The molecular formula is C16H27F3N2O5. The molecular weight excluding hydrogens is 357 g/mol. The van der Waals surface area contributed by atoms with Gasteiger partial charge in [0.15, 0.2) is 12.7 Å². The molecule has 0 spiro atoms. The summed E-state index contributed by atoms with van der Waals surface area (Å²) in [5, 5.41) is 2.49. The molecule has 0 saturated carbocycles. The molecule has 1 aliphatic rings. The largest absolute Gasteiger partial charge is 0.454 e. The molecule has 7 nitrogen and oxygen atoms in total. The zero-order chi connectivity index (χ0) is 19.6. The van der Waals surface area contributed by atoms with Gasteiger partial charge in [0, 0.05) is 13.2 Å². The minimum atomic E-state index is -4.24. The predicted molar refractivity (Wildman–Crippen MR) is 86.5 cm³/mol. The molecule has 1 fully saturated rings. The van der Waals surface area contributed by atoms with Crippen molar-refractivity contribution in [3.05, 3.63) is 0 Å². The van der Waals surface area contributed by atoms with Crippen molar-refractivity contribution in [2.75, 3.05) is 46.5 Å². The van der Waals surface area contributed by atoms with Crippen molar-refractivity contribution in [3.8, 4) is 0 Å². The molecule has 0 aliphatic carbocycles. The Balaban J connectivity index is 2.06. The van der Waals surface area contributed by atoms with Crippen LogP contribution in [0.25, 0.3) is 0 Å². The molecule has 1 aliphatic heterocycles. The summed E-state index contributed by atoms with van der Waals surface area (Å²) in [6, 6.07) is 0. The van der Waals surface area contributed by atoms with E-state index in [1.807, 2.05) is 0 Å². The summed E-state index contributed by atoms with van der Waals surface area (Å²) < 4.78 is 52.0. The molecule has 1 N–H and O–H groups in total. The zero-order valence-electron chi connectivity index (χ0n) is 15.1. The monoisotopic (exact) mass is 384 g/mol. The van der Waals surface area contributed by atoms with Gasteiger partial charge in [-0.2, -0.15) is 13.2 Å². The molecule has 1 heterocycles. The molecule has 2 atom stereocenters. The van der Waals surface area contributed by atoms with E-state index in [2.05, 4.69) is 5.32 Å². The van der Waals surface area contributed by atoms with Crippen LogP contribution in [0.3, 0.4) is 0 Å². The Kier molecular flexibility index (Phi) is 9.89. The average molecular weight is 384 g/mol. The molecule has 152 valence electrons. The van der Waals surface area contributed by atoms with Crippen molar-refractivity contribution < 1.29 is 37.0 Å². The first-order chi connectivity index (χ1) is 12.2. The number of nitrogens with zero attached hydrogens (tertiary/aromatic N) is 1. The van der Waals surface area contributed by atoms with Gasteiger partial charge >= 0.3 is 12.1 Å². The molecule has 0 aromatic carbocycles. The third-order valence-electron chi connectivity index (χ3n) is 3.72. The molecule has 0 aromatic rings. The van der Waals surface area contributed by atoms with Gasteiger partial charge in [-0.1, -0.05) is 0 Å². The number of hydrogen-bond donors (Lipinski definition) is 1. The van der Waals surface area contributed by atoms with Gasteiger partial charge in [0.05, 0.1) is 19.3 Å². The van der Waals surface area contributed by atoms with E-state index in [1.54, 1.807) is 0 Å². The molecule has 0 aromatic heterocycles. The lowest BCUT2D eigenvalue weighted by Crippen LogP contribution is -2.35. The summed E-state index contributed by atoms with van der Waals surface area (Å²) in [5.74, 6) is -1.16. The maximum absolute atomic E-state index is 12.2. The van der Waals surface area contributed by atoms with Gasteiger partial charge < -0.3 is 19.5 Å². The highest BCUT2D eigenvalue weighted by Gasteiger charge is 2.28. The Bertz CT molecular complexity index is 442. The highest BCUT2D eigenvalue weighted by molar-refractivity contribution is 5.81. The first kappa shape index (κ1) is 22.7. The second-order valence-electron chi connectivity index (χ2n) is 6.27. The van der Waals surface area contributed by atoms with Crippen LogP contribution in [0.2, 0.25) is 0 Å². The van der Waals surface area contributed by atoms with E-state index in [9.17, 15) is 22.8 Å². The van der Waals surface area contributed by atoms with Crippen LogP contribution in [0.4, 0.5) is 13.2 Å². The maximum Gasteiger partial charge on any atom is 0.401 e.